The lowest BCUT2D eigenvalue weighted by Crippen LogP contribution is -2.30. The Bertz CT molecular complexity index is 509. The van der Waals surface area contributed by atoms with Crippen molar-refractivity contribution in [2.24, 2.45) is 0 Å². The summed E-state index contributed by atoms with van der Waals surface area (Å²) in [5.74, 6) is -0.474. The normalized spacial score (nSPS) is 15.7. The van der Waals surface area contributed by atoms with Crippen molar-refractivity contribution in [1.82, 2.24) is 15.6 Å². The van der Waals surface area contributed by atoms with Crippen LogP contribution in [0.15, 0.2) is 30.0 Å². The van der Waals surface area contributed by atoms with Crippen molar-refractivity contribution in [3.05, 3.63) is 41.2 Å². The van der Waals surface area contributed by atoms with Crippen LogP contribution in [-0.4, -0.2) is 30.5 Å². The van der Waals surface area contributed by atoms with Crippen molar-refractivity contribution in [3.8, 4) is 0 Å². The molecule has 2 N–H and O–H groups in total. The molecule has 1 aromatic rings. The number of carbonyl (C=O) groups excluding carboxylic acids is 1. The topological polar surface area (TPSA) is 54.0 Å². The van der Waals surface area contributed by atoms with Gasteiger partial charge in [0.25, 0.3) is 5.91 Å². The summed E-state index contributed by atoms with van der Waals surface area (Å²) >= 11 is 0. The van der Waals surface area contributed by atoms with Crippen LogP contribution in [0, 0.1) is 0 Å². The third-order valence-corrected chi connectivity index (χ3v) is 2.96. The lowest BCUT2D eigenvalue weighted by atomic mass is 10.1. The molecular formula is C13H14F3N3O. The summed E-state index contributed by atoms with van der Waals surface area (Å²) < 4.78 is 37.1. The highest BCUT2D eigenvalue weighted by Gasteiger charge is 2.30. The number of amides is 1. The average molecular weight is 285 g/mol. The van der Waals surface area contributed by atoms with Gasteiger partial charge >= 0.3 is 6.18 Å². The monoisotopic (exact) mass is 285 g/mol. The average Bonchev–Trinajstić information content (AvgIpc) is 2.45. The van der Waals surface area contributed by atoms with E-state index in [1.165, 1.54) is 0 Å². The number of alkyl halides is 3. The molecule has 0 unspecified atom stereocenters. The smallest absolute Gasteiger partial charge is 0.347 e. The summed E-state index contributed by atoms with van der Waals surface area (Å²) in [6.45, 7) is 2.02. The van der Waals surface area contributed by atoms with Gasteiger partial charge in [-0.15, -0.1) is 0 Å². The van der Waals surface area contributed by atoms with Gasteiger partial charge in [-0.3, -0.25) is 9.78 Å². The summed E-state index contributed by atoms with van der Waals surface area (Å²) in [6.07, 6.45) is -0.939. The molecular weight excluding hydrogens is 271 g/mol. The van der Waals surface area contributed by atoms with Gasteiger partial charge in [-0.25, -0.2) is 0 Å². The maximum atomic E-state index is 12.4. The van der Waals surface area contributed by atoms with Crippen LogP contribution in [-0.2, 0) is 6.18 Å². The van der Waals surface area contributed by atoms with Gasteiger partial charge < -0.3 is 10.6 Å². The molecule has 0 spiro atoms. The van der Waals surface area contributed by atoms with Gasteiger partial charge in [-0.05, 0) is 25.1 Å². The fraction of sp³-hybridized carbons (Fsp3) is 0.385. The van der Waals surface area contributed by atoms with E-state index >= 15 is 0 Å². The molecule has 4 nitrogen and oxygen atoms in total. The van der Waals surface area contributed by atoms with Crippen molar-refractivity contribution in [1.29, 1.82) is 0 Å². The number of nitrogens with one attached hydrogen (secondary N) is 2. The van der Waals surface area contributed by atoms with Crippen molar-refractivity contribution in [2.45, 2.75) is 12.6 Å². The summed E-state index contributed by atoms with van der Waals surface area (Å²) in [5.41, 5.74) is 0.214. The van der Waals surface area contributed by atoms with Gasteiger partial charge in [-0.2, -0.15) is 13.2 Å². The minimum atomic E-state index is -4.44. The minimum absolute atomic E-state index is 0.0208. The molecule has 1 amide bonds. The molecule has 0 aromatic carbocycles. The van der Waals surface area contributed by atoms with Crippen LogP contribution >= 0.6 is 0 Å². The molecule has 108 valence electrons. The molecule has 1 aliphatic heterocycles. The molecule has 20 heavy (non-hydrogen) atoms. The Morgan fingerprint density at radius 1 is 1.40 bits per heavy atom. The Kier molecular flexibility index (Phi) is 4.39. The summed E-state index contributed by atoms with van der Waals surface area (Å²) in [7, 11) is 0. The molecule has 0 atom stereocenters. The van der Waals surface area contributed by atoms with Crippen molar-refractivity contribution >= 4 is 5.91 Å². The first-order valence-electron chi connectivity index (χ1n) is 6.17. The molecule has 0 saturated heterocycles. The van der Waals surface area contributed by atoms with Crippen LogP contribution in [0.2, 0.25) is 0 Å². The van der Waals surface area contributed by atoms with Crippen LogP contribution in [0.3, 0.4) is 0 Å². The number of carbonyl (C=O) groups is 1. The standard InChI is InChI=1S/C13H14F3N3O/c14-13(15,16)10-1-2-11(18-8-10)12(20)19-7-9-3-5-17-6-4-9/h1-3,8,17H,4-7H2,(H,19,20). The van der Waals surface area contributed by atoms with E-state index in [4.69, 9.17) is 0 Å². The number of hydrogen-bond donors (Lipinski definition) is 2. The molecule has 1 aliphatic rings. The lowest BCUT2D eigenvalue weighted by Gasteiger charge is -2.14. The molecule has 0 aliphatic carbocycles. The second kappa shape index (κ2) is 6.04. The van der Waals surface area contributed by atoms with Gasteiger partial charge in [0.05, 0.1) is 5.56 Å². The largest absolute Gasteiger partial charge is 0.417 e. The van der Waals surface area contributed by atoms with Gasteiger partial charge in [0, 0.05) is 19.3 Å². The number of nitrogens with zero attached hydrogens (tertiary/aromatic N) is 1. The first-order chi connectivity index (χ1) is 9.47. The van der Waals surface area contributed by atoms with E-state index in [1.54, 1.807) is 0 Å². The van der Waals surface area contributed by atoms with E-state index in [1.807, 2.05) is 6.08 Å². The summed E-state index contributed by atoms with van der Waals surface area (Å²) in [4.78, 5) is 15.3. The van der Waals surface area contributed by atoms with E-state index < -0.39 is 17.6 Å². The van der Waals surface area contributed by atoms with Gasteiger partial charge in [0.1, 0.15) is 5.69 Å². The Labute approximate surface area is 114 Å². The van der Waals surface area contributed by atoms with E-state index in [0.29, 0.717) is 12.7 Å². The van der Waals surface area contributed by atoms with Crippen LogP contribution in [0.5, 0.6) is 0 Å². The fourth-order valence-electron chi connectivity index (χ4n) is 1.81. The third kappa shape index (κ3) is 3.80. The van der Waals surface area contributed by atoms with Crippen molar-refractivity contribution in [2.75, 3.05) is 19.6 Å². The lowest BCUT2D eigenvalue weighted by molar-refractivity contribution is -0.137. The molecule has 0 bridgehead atoms. The second-order valence-corrected chi connectivity index (χ2v) is 4.43. The molecule has 0 radical (unpaired) electrons. The van der Waals surface area contributed by atoms with Gasteiger partial charge in [0.2, 0.25) is 0 Å². The fourth-order valence-corrected chi connectivity index (χ4v) is 1.81. The van der Waals surface area contributed by atoms with Crippen molar-refractivity contribution < 1.29 is 18.0 Å². The maximum Gasteiger partial charge on any atom is 0.417 e. The number of aromatic nitrogens is 1. The number of pyridine rings is 1. The molecule has 2 rings (SSSR count). The van der Waals surface area contributed by atoms with Gasteiger partial charge in [-0.1, -0.05) is 11.6 Å². The SMILES string of the molecule is O=C(NCC1=CCNCC1)c1ccc(C(F)(F)F)cn1. The zero-order valence-corrected chi connectivity index (χ0v) is 10.6. The molecule has 7 heteroatoms. The molecule has 0 fully saturated rings. The highest BCUT2D eigenvalue weighted by molar-refractivity contribution is 5.92. The Morgan fingerprint density at radius 2 is 2.20 bits per heavy atom. The number of hydrogen-bond acceptors (Lipinski definition) is 3. The van der Waals surface area contributed by atoms with Crippen LogP contribution < -0.4 is 10.6 Å². The Morgan fingerprint density at radius 3 is 2.75 bits per heavy atom. The van der Waals surface area contributed by atoms with Crippen LogP contribution in [0.25, 0.3) is 0 Å². The summed E-state index contributed by atoms with van der Waals surface area (Å²) in [6, 6.07) is 1.93. The second-order valence-electron chi connectivity index (χ2n) is 4.43. The molecule has 2 heterocycles. The quantitative estimate of drug-likeness (QED) is 0.832. The Hall–Kier alpha value is -1.89. The van der Waals surface area contributed by atoms with E-state index in [-0.39, 0.29) is 5.69 Å². The van der Waals surface area contributed by atoms with Crippen molar-refractivity contribution in [3.63, 3.8) is 0 Å². The van der Waals surface area contributed by atoms with Gasteiger partial charge in [0.15, 0.2) is 0 Å². The highest BCUT2D eigenvalue weighted by atomic mass is 19.4. The predicted octanol–water partition coefficient (Wildman–Crippen LogP) is 1.75. The highest BCUT2D eigenvalue weighted by Crippen LogP contribution is 2.28. The maximum absolute atomic E-state index is 12.4. The van der Waals surface area contributed by atoms with Crippen LogP contribution in [0.1, 0.15) is 22.5 Å². The van der Waals surface area contributed by atoms with E-state index in [2.05, 4.69) is 15.6 Å². The van der Waals surface area contributed by atoms with E-state index in [9.17, 15) is 18.0 Å². The zero-order chi connectivity index (χ0) is 14.6. The number of halogens is 3. The third-order valence-electron chi connectivity index (χ3n) is 2.96. The Balaban J connectivity index is 1.94. The van der Waals surface area contributed by atoms with Crippen LogP contribution in [0.4, 0.5) is 13.2 Å². The van der Waals surface area contributed by atoms with E-state index in [0.717, 1.165) is 37.2 Å². The first-order valence-corrected chi connectivity index (χ1v) is 6.17. The summed E-state index contributed by atoms with van der Waals surface area (Å²) in [5, 5.41) is 5.79. The first kappa shape index (κ1) is 14.5. The minimum Gasteiger partial charge on any atom is -0.347 e. The molecule has 1 aromatic heterocycles. The zero-order valence-electron chi connectivity index (χ0n) is 10.6. The number of rotatable bonds is 3. The predicted molar refractivity (Wildman–Crippen MR) is 67.1 cm³/mol. The molecule has 0 saturated carbocycles.